The topological polar surface area (TPSA) is 59.0 Å². The third kappa shape index (κ3) is 3.70. The molecule has 5 heteroatoms. The van der Waals surface area contributed by atoms with Gasteiger partial charge in [-0.3, -0.25) is 0 Å². The van der Waals surface area contributed by atoms with Crippen LogP contribution < -0.4 is 10.5 Å². The fraction of sp³-hybridized carbons (Fsp3) is 0.364. The second-order valence-corrected chi connectivity index (χ2v) is 4.12. The summed E-state index contributed by atoms with van der Waals surface area (Å²) in [5.41, 5.74) is 5.89. The van der Waals surface area contributed by atoms with Crippen molar-refractivity contribution in [1.82, 2.24) is 0 Å². The number of nitrogens with zero attached hydrogens (tertiary/aromatic N) is 1. The number of nitriles is 1. The molecule has 0 unspecified atom stereocenters. The monoisotopic (exact) mass is 286 g/mol. The maximum atomic E-state index is 12.9. The van der Waals surface area contributed by atoms with Crippen LogP contribution >= 0.6 is 15.9 Å². The maximum Gasteiger partial charge on any atom is 0.156 e. The number of nitrogens with two attached hydrogens (primary N) is 1. The van der Waals surface area contributed by atoms with Crippen molar-refractivity contribution in [2.24, 2.45) is 0 Å². The highest BCUT2D eigenvalue weighted by Crippen LogP contribution is 2.32. The van der Waals surface area contributed by atoms with Crippen LogP contribution in [0.1, 0.15) is 19.3 Å². The van der Waals surface area contributed by atoms with Gasteiger partial charge in [0.1, 0.15) is 5.82 Å². The average Bonchev–Trinajstić information content (AvgIpc) is 2.20. The molecular formula is C11H12BrFN2O. The van der Waals surface area contributed by atoms with Crippen LogP contribution in [0.5, 0.6) is 5.75 Å². The molecule has 0 aliphatic rings. The number of benzene rings is 1. The highest BCUT2D eigenvalue weighted by atomic mass is 79.9. The molecule has 1 rings (SSSR count). The van der Waals surface area contributed by atoms with Crippen LogP contribution in [0.4, 0.5) is 10.1 Å². The Hall–Kier alpha value is -1.28. The lowest BCUT2D eigenvalue weighted by molar-refractivity contribution is 0.307. The Morgan fingerprint density at radius 3 is 2.81 bits per heavy atom. The van der Waals surface area contributed by atoms with Gasteiger partial charge >= 0.3 is 0 Å². The van der Waals surface area contributed by atoms with Crippen molar-refractivity contribution in [3.8, 4) is 11.8 Å². The highest BCUT2D eigenvalue weighted by Gasteiger charge is 2.08. The SMILES string of the molecule is N#CCCCCOc1c(N)cc(F)cc1Br. The zero-order valence-corrected chi connectivity index (χ0v) is 10.3. The molecule has 86 valence electrons. The Bertz CT molecular complexity index is 380. The molecule has 16 heavy (non-hydrogen) atoms. The Kier molecular flexibility index (Phi) is 5.06. The van der Waals surface area contributed by atoms with Crippen molar-refractivity contribution in [2.75, 3.05) is 12.3 Å². The summed E-state index contributed by atoms with van der Waals surface area (Å²) in [5, 5.41) is 8.34. The minimum atomic E-state index is -0.402. The third-order valence-electron chi connectivity index (χ3n) is 1.97. The molecule has 0 heterocycles. The Balaban J connectivity index is 2.51. The zero-order valence-electron chi connectivity index (χ0n) is 8.67. The molecule has 0 aliphatic heterocycles. The highest BCUT2D eigenvalue weighted by molar-refractivity contribution is 9.10. The zero-order chi connectivity index (χ0) is 12.0. The summed E-state index contributed by atoms with van der Waals surface area (Å²) >= 11 is 3.18. The molecule has 1 aromatic rings. The summed E-state index contributed by atoms with van der Waals surface area (Å²) in [7, 11) is 0. The predicted octanol–water partition coefficient (Wildman–Crippen LogP) is 3.24. The molecule has 0 bridgehead atoms. The van der Waals surface area contributed by atoms with Crippen molar-refractivity contribution in [2.45, 2.75) is 19.3 Å². The molecule has 0 atom stereocenters. The van der Waals surface area contributed by atoms with Crippen LogP contribution in [0.2, 0.25) is 0 Å². The third-order valence-corrected chi connectivity index (χ3v) is 2.56. The van der Waals surface area contributed by atoms with Gasteiger partial charge in [0, 0.05) is 12.5 Å². The number of nitrogen functional groups attached to an aromatic ring is 1. The minimum Gasteiger partial charge on any atom is -0.490 e. The number of halogens is 2. The van der Waals surface area contributed by atoms with E-state index in [1.807, 2.05) is 0 Å². The van der Waals surface area contributed by atoms with Gasteiger partial charge in [0.15, 0.2) is 5.75 Å². The van der Waals surface area contributed by atoms with Gasteiger partial charge in [-0.25, -0.2) is 4.39 Å². The summed E-state index contributed by atoms with van der Waals surface area (Å²) in [5.74, 6) is 0.0552. The number of rotatable bonds is 5. The van der Waals surface area contributed by atoms with E-state index < -0.39 is 5.82 Å². The molecule has 0 aromatic heterocycles. The van der Waals surface area contributed by atoms with Crippen molar-refractivity contribution in [3.63, 3.8) is 0 Å². The van der Waals surface area contributed by atoms with Gasteiger partial charge in [0.2, 0.25) is 0 Å². The summed E-state index contributed by atoms with van der Waals surface area (Å²) in [6.45, 7) is 0.468. The van der Waals surface area contributed by atoms with Gasteiger partial charge in [-0.05, 0) is 34.8 Å². The van der Waals surface area contributed by atoms with Gasteiger partial charge in [0.05, 0.1) is 22.8 Å². The first-order valence-corrected chi connectivity index (χ1v) is 5.68. The lowest BCUT2D eigenvalue weighted by atomic mass is 10.2. The van der Waals surface area contributed by atoms with Crippen LogP contribution in [-0.4, -0.2) is 6.61 Å². The second-order valence-electron chi connectivity index (χ2n) is 3.27. The number of unbranched alkanes of at least 4 members (excludes halogenated alkanes) is 2. The smallest absolute Gasteiger partial charge is 0.156 e. The van der Waals surface area contributed by atoms with Crippen molar-refractivity contribution >= 4 is 21.6 Å². The predicted molar refractivity (Wildman–Crippen MR) is 63.5 cm³/mol. The van der Waals surface area contributed by atoms with E-state index in [1.54, 1.807) is 0 Å². The van der Waals surface area contributed by atoms with Crippen molar-refractivity contribution < 1.29 is 9.13 Å². The Morgan fingerprint density at radius 2 is 2.19 bits per heavy atom. The molecule has 3 nitrogen and oxygen atoms in total. The van der Waals surface area contributed by atoms with Crippen LogP contribution in [0, 0.1) is 17.1 Å². The largest absolute Gasteiger partial charge is 0.490 e. The fourth-order valence-electron chi connectivity index (χ4n) is 1.21. The van der Waals surface area contributed by atoms with E-state index in [1.165, 1.54) is 12.1 Å². The van der Waals surface area contributed by atoms with E-state index in [4.69, 9.17) is 15.7 Å². The number of ether oxygens (including phenoxy) is 1. The quantitative estimate of drug-likeness (QED) is 0.668. The van der Waals surface area contributed by atoms with Gasteiger partial charge < -0.3 is 10.5 Å². The number of anilines is 1. The van der Waals surface area contributed by atoms with Crippen LogP contribution in [0.25, 0.3) is 0 Å². The lowest BCUT2D eigenvalue weighted by Gasteiger charge is -2.10. The van der Waals surface area contributed by atoms with Crippen molar-refractivity contribution in [1.29, 1.82) is 5.26 Å². The first kappa shape index (κ1) is 12.8. The second kappa shape index (κ2) is 6.33. The first-order chi connectivity index (χ1) is 7.65. The summed E-state index contributed by atoms with van der Waals surface area (Å²) in [6, 6.07) is 4.58. The van der Waals surface area contributed by atoms with Crippen molar-refractivity contribution in [3.05, 3.63) is 22.4 Å². The number of hydrogen-bond acceptors (Lipinski definition) is 3. The first-order valence-electron chi connectivity index (χ1n) is 4.89. The van der Waals surface area contributed by atoms with Crippen LogP contribution in [0.15, 0.2) is 16.6 Å². The van der Waals surface area contributed by atoms with E-state index >= 15 is 0 Å². The molecule has 0 aliphatic carbocycles. The average molecular weight is 287 g/mol. The van der Waals surface area contributed by atoms with E-state index in [-0.39, 0.29) is 5.69 Å². The van der Waals surface area contributed by atoms with Gasteiger partial charge in [-0.2, -0.15) is 5.26 Å². The van der Waals surface area contributed by atoms with Crippen LogP contribution in [0.3, 0.4) is 0 Å². The normalized spacial score (nSPS) is 9.81. The molecule has 0 saturated heterocycles. The molecule has 0 radical (unpaired) electrons. The standard InChI is InChI=1S/C11H12BrFN2O/c12-9-6-8(13)7-10(15)11(9)16-5-3-1-2-4-14/h6-7H,1-3,5,15H2. The molecule has 0 spiro atoms. The van der Waals surface area contributed by atoms with E-state index in [9.17, 15) is 4.39 Å². The molecule has 2 N–H and O–H groups in total. The van der Waals surface area contributed by atoms with Gasteiger partial charge in [0.25, 0.3) is 0 Å². The lowest BCUT2D eigenvalue weighted by Crippen LogP contribution is -2.01. The van der Waals surface area contributed by atoms with Crippen LogP contribution in [-0.2, 0) is 0 Å². The van der Waals surface area contributed by atoms with Gasteiger partial charge in [-0.15, -0.1) is 0 Å². The number of hydrogen-bond donors (Lipinski definition) is 1. The van der Waals surface area contributed by atoms with E-state index in [0.29, 0.717) is 23.2 Å². The molecule has 0 saturated carbocycles. The molecule has 1 aromatic carbocycles. The van der Waals surface area contributed by atoms with Gasteiger partial charge in [-0.1, -0.05) is 0 Å². The fourth-order valence-corrected chi connectivity index (χ4v) is 1.77. The summed E-state index contributed by atoms with van der Waals surface area (Å²) in [6.07, 6.45) is 2.08. The Labute approximate surface area is 102 Å². The van der Waals surface area contributed by atoms with E-state index in [2.05, 4.69) is 22.0 Å². The summed E-state index contributed by atoms with van der Waals surface area (Å²) in [4.78, 5) is 0. The molecule has 0 amide bonds. The van der Waals surface area contributed by atoms with E-state index in [0.717, 1.165) is 12.8 Å². The molecule has 0 fully saturated rings. The molecular weight excluding hydrogens is 275 g/mol. The maximum absolute atomic E-state index is 12.9. The summed E-state index contributed by atoms with van der Waals surface area (Å²) < 4.78 is 18.8. The minimum absolute atomic E-state index is 0.271. The Morgan fingerprint density at radius 1 is 1.44 bits per heavy atom.